The van der Waals surface area contributed by atoms with Gasteiger partial charge in [0.1, 0.15) is 0 Å². The van der Waals surface area contributed by atoms with Gasteiger partial charge < -0.3 is 10.1 Å². The summed E-state index contributed by atoms with van der Waals surface area (Å²) in [5.74, 6) is -0.720. The molecule has 1 saturated carbocycles. The molecule has 1 fully saturated rings. The van der Waals surface area contributed by atoms with E-state index in [2.05, 4.69) is 12.2 Å². The molecule has 1 aliphatic rings. The van der Waals surface area contributed by atoms with Crippen LogP contribution in [0.5, 0.6) is 0 Å². The van der Waals surface area contributed by atoms with Crippen molar-refractivity contribution in [2.24, 2.45) is 11.1 Å². The molecule has 0 bridgehead atoms. The van der Waals surface area contributed by atoms with E-state index < -0.39 is 22.1 Å². The molecular weight excluding hydrogens is 368 g/mol. The highest BCUT2D eigenvalue weighted by Crippen LogP contribution is 2.24. The molecule has 0 aromatic heterocycles. The molecule has 3 N–H and O–H groups in total. The Hall–Kier alpha value is -1.93. The number of carbonyl (C=O) groups excluding carboxylic acids is 2. The maximum Gasteiger partial charge on any atom is 0.338 e. The molecule has 27 heavy (non-hydrogen) atoms. The third-order valence-electron chi connectivity index (χ3n) is 5.25. The zero-order valence-corrected chi connectivity index (χ0v) is 17.1. The molecule has 1 aromatic carbocycles. The summed E-state index contributed by atoms with van der Waals surface area (Å²) >= 11 is 0. The highest BCUT2D eigenvalue weighted by Gasteiger charge is 2.27. The van der Waals surface area contributed by atoms with E-state index in [9.17, 15) is 18.0 Å². The molecule has 1 aliphatic carbocycles. The first-order valence-electron chi connectivity index (χ1n) is 9.16. The van der Waals surface area contributed by atoms with Gasteiger partial charge in [-0.3, -0.25) is 4.79 Å². The maximum atomic E-state index is 12.4. The first-order valence-corrected chi connectivity index (χ1v) is 10.7. The predicted molar refractivity (Wildman–Crippen MR) is 102 cm³/mol. The van der Waals surface area contributed by atoms with Crippen LogP contribution in [0, 0.1) is 19.8 Å². The van der Waals surface area contributed by atoms with Crippen molar-refractivity contribution in [3.8, 4) is 0 Å². The summed E-state index contributed by atoms with van der Waals surface area (Å²) in [6.45, 7) is 6.90. The van der Waals surface area contributed by atoms with E-state index in [1.165, 1.54) is 19.1 Å². The minimum atomic E-state index is -3.97. The summed E-state index contributed by atoms with van der Waals surface area (Å²) in [5, 5.41) is 8.17. The number of hydrogen-bond donors (Lipinski definition) is 2. The second-order valence-electron chi connectivity index (χ2n) is 7.39. The number of amides is 1. The van der Waals surface area contributed by atoms with Crippen LogP contribution in [0.15, 0.2) is 17.0 Å². The Balaban J connectivity index is 2.10. The normalized spacial score (nSPS) is 21.4. The summed E-state index contributed by atoms with van der Waals surface area (Å²) in [5.41, 5.74) is 1.13. The van der Waals surface area contributed by atoms with E-state index in [1.54, 1.807) is 13.8 Å². The number of nitrogens with one attached hydrogen (secondary N) is 1. The quantitative estimate of drug-likeness (QED) is 0.740. The van der Waals surface area contributed by atoms with E-state index in [1.807, 2.05) is 0 Å². The fraction of sp³-hybridized carbons (Fsp3) is 0.579. The number of primary sulfonamides is 1. The first-order chi connectivity index (χ1) is 12.5. The number of rotatable bonds is 5. The number of ether oxygens (including phenoxy) is 1. The third kappa shape index (κ3) is 5.29. The first kappa shape index (κ1) is 21.4. The van der Waals surface area contributed by atoms with Gasteiger partial charge in [-0.15, -0.1) is 0 Å². The van der Waals surface area contributed by atoms with Crippen molar-refractivity contribution >= 4 is 21.9 Å². The van der Waals surface area contributed by atoms with Crippen LogP contribution < -0.4 is 10.5 Å². The summed E-state index contributed by atoms with van der Waals surface area (Å²) in [6, 6.07) is 2.80. The van der Waals surface area contributed by atoms with Crippen LogP contribution >= 0.6 is 0 Å². The van der Waals surface area contributed by atoms with Crippen LogP contribution in [0.1, 0.15) is 61.0 Å². The molecular formula is C19H28N2O5S. The largest absolute Gasteiger partial charge is 0.449 e. The lowest BCUT2D eigenvalue weighted by Crippen LogP contribution is -2.46. The molecule has 8 heteroatoms. The predicted octanol–water partition coefficient (Wildman–Crippen LogP) is 2.19. The lowest BCUT2D eigenvalue weighted by atomic mass is 9.86. The van der Waals surface area contributed by atoms with Crippen LogP contribution in [0.2, 0.25) is 0 Å². The minimum absolute atomic E-state index is 0.0489. The van der Waals surface area contributed by atoms with Crippen LogP contribution in [0.3, 0.4) is 0 Å². The van der Waals surface area contributed by atoms with E-state index in [4.69, 9.17) is 9.88 Å². The fourth-order valence-corrected chi connectivity index (χ4v) is 4.23. The molecule has 1 amide bonds. The van der Waals surface area contributed by atoms with Gasteiger partial charge in [0.05, 0.1) is 10.5 Å². The monoisotopic (exact) mass is 396 g/mol. The average Bonchev–Trinajstić information content (AvgIpc) is 2.57. The molecule has 1 aromatic rings. The van der Waals surface area contributed by atoms with Gasteiger partial charge in [0, 0.05) is 6.04 Å². The number of nitrogens with two attached hydrogens (primary N) is 1. The van der Waals surface area contributed by atoms with Crippen molar-refractivity contribution in [2.45, 2.75) is 70.4 Å². The Morgan fingerprint density at radius 3 is 2.44 bits per heavy atom. The summed E-state index contributed by atoms with van der Waals surface area (Å²) in [6.07, 6.45) is 3.24. The van der Waals surface area contributed by atoms with Crippen molar-refractivity contribution in [1.29, 1.82) is 0 Å². The van der Waals surface area contributed by atoms with E-state index >= 15 is 0 Å². The Morgan fingerprint density at radius 2 is 1.85 bits per heavy atom. The Morgan fingerprint density at radius 1 is 1.22 bits per heavy atom. The molecule has 0 saturated heterocycles. The zero-order chi connectivity index (χ0) is 20.4. The van der Waals surface area contributed by atoms with Crippen molar-refractivity contribution in [3.63, 3.8) is 0 Å². The van der Waals surface area contributed by atoms with Crippen molar-refractivity contribution in [1.82, 2.24) is 5.32 Å². The van der Waals surface area contributed by atoms with Gasteiger partial charge in [0.2, 0.25) is 10.0 Å². The van der Waals surface area contributed by atoms with Crippen LogP contribution in [-0.2, 0) is 19.6 Å². The zero-order valence-electron chi connectivity index (χ0n) is 16.2. The molecule has 0 aliphatic heterocycles. The topological polar surface area (TPSA) is 116 Å². The van der Waals surface area contributed by atoms with Crippen molar-refractivity contribution < 1.29 is 22.7 Å². The smallest absolute Gasteiger partial charge is 0.338 e. The van der Waals surface area contributed by atoms with E-state index in [0.717, 1.165) is 25.7 Å². The molecule has 150 valence electrons. The van der Waals surface area contributed by atoms with Gasteiger partial charge in [-0.25, -0.2) is 18.4 Å². The number of hydrogen-bond acceptors (Lipinski definition) is 5. The second-order valence-corrected chi connectivity index (χ2v) is 8.92. The highest BCUT2D eigenvalue weighted by molar-refractivity contribution is 7.89. The summed E-state index contributed by atoms with van der Waals surface area (Å²) in [7, 11) is -3.97. The molecule has 7 nitrogen and oxygen atoms in total. The maximum absolute atomic E-state index is 12.4. The molecule has 3 atom stereocenters. The Bertz CT molecular complexity index is 835. The van der Waals surface area contributed by atoms with Gasteiger partial charge in [0.15, 0.2) is 6.10 Å². The SMILES string of the molecule is Cc1cc(C(=O)OC(C)C(=O)NC2CCCCC2C)cc(S(N)(=O)=O)c1C. The minimum Gasteiger partial charge on any atom is -0.449 e. The van der Waals surface area contributed by atoms with Gasteiger partial charge in [-0.05, 0) is 62.8 Å². The molecule has 2 rings (SSSR count). The Kier molecular flexibility index (Phi) is 6.64. The van der Waals surface area contributed by atoms with Crippen molar-refractivity contribution in [3.05, 3.63) is 28.8 Å². The fourth-order valence-electron chi connectivity index (χ4n) is 3.35. The number of carbonyl (C=O) groups is 2. The van der Waals surface area contributed by atoms with E-state index in [0.29, 0.717) is 17.0 Å². The van der Waals surface area contributed by atoms with Crippen LogP contribution in [0.4, 0.5) is 0 Å². The highest BCUT2D eigenvalue weighted by atomic mass is 32.2. The molecule has 0 radical (unpaired) electrons. The lowest BCUT2D eigenvalue weighted by Gasteiger charge is -2.30. The molecule has 3 unspecified atom stereocenters. The third-order valence-corrected chi connectivity index (χ3v) is 6.29. The molecule has 0 spiro atoms. The van der Waals surface area contributed by atoms with E-state index in [-0.39, 0.29) is 22.4 Å². The van der Waals surface area contributed by atoms with Gasteiger partial charge in [-0.2, -0.15) is 0 Å². The standard InChI is InChI=1S/C19H28N2O5S/c1-11-7-5-6-8-16(11)21-18(22)14(4)26-19(23)15-9-12(2)13(3)17(10-15)27(20,24)25/h9-11,14,16H,5-8H2,1-4H3,(H,21,22)(H2,20,24,25). The van der Waals surface area contributed by atoms with Crippen LogP contribution in [0.25, 0.3) is 0 Å². The van der Waals surface area contributed by atoms with Gasteiger partial charge in [-0.1, -0.05) is 19.8 Å². The number of benzene rings is 1. The van der Waals surface area contributed by atoms with Gasteiger partial charge in [0.25, 0.3) is 5.91 Å². The number of sulfonamides is 1. The second kappa shape index (κ2) is 8.39. The average molecular weight is 397 g/mol. The summed E-state index contributed by atoms with van der Waals surface area (Å²) in [4.78, 5) is 24.7. The lowest BCUT2D eigenvalue weighted by molar-refractivity contribution is -0.130. The molecule has 0 heterocycles. The number of esters is 1. The van der Waals surface area contributed by atoms with Gasteiger partial charge >= 0.3 is 5.97 Å². The Labute approximate surface area is 160 Å². The van der Waals surface area contributed by atoms with Crippen molar-refractivity contribution in [2.75, 3.05) is 0 Å². The number of aryl methyl sites for hydroxylation is 1. The summed E-state index contributed by atoms with van der Waals surface area (Å²) < 4.78 is 28.7. The van der Waals surface area contributed by atoms with Crippen LogP contribution in [-0.4, -0.2) is 32.4 Å².